The van der Waals surface area contributed by atoms with Crippen LogP contribution >= 0.6 is 11.3 Å². The van der Waals surface area contributed by atoms with Gasteiger partial charge in [0.25, 0.3) is 0 Å². The highest BCUT2D eigenvalue weighted by molar-refractivity contribution is 7.26. The molecule has 3 heterocycles. The van der Waals surface area contributed by atoms with Crippen LogP contribution in [-0.2, 0) is 0 Å². The first-order valence-electron chi connectivity index (χ1n) is 14.1. The molecule has 42 heavy (non-hydrogen) atoms. The van der Waals surface area contributed by atoms with Gasteiger partial charge in [0.1, 0.15) is 0 Å². The number of thiophene rings is 1. The van der Waals surface area contributed by atoms with E-state index in [1.165, 1.54) is 42.0 Å². The molecule has 0 unspecified atom stereocenters. The predicted molar refractivity (Wildman–Crippen MR) is 178 cm³/mol. The van der Waals surface area contributed by atoms with Gasteiger partial charge in [-0.25, -0.2) is 9.97 Å². The first-order chi connectivity index (χ1) is 20.8. The van der Waals surface area contributed by atoms with E-state index in [-0.39, 0.29) is 0 Å². The maximum absolute atomic E-state index is 5.15. The third kappa shape index (κ3) is 3.46. The highest BCUT2D eigenvalue weighted by Crippen LogP contribution is 2.43. The Balaban J connectivity index is 1.38. The summed E-state index contributed by atoms with van der Waals surface area (Å²) in [6.07, 6.45) is 0. The number of hydrogen-bond donors (Lipinski definition) is 0. The maximum atomic E-state index is 5.15. The van der Waals surface area contributed by atoms with E-state index in [0.29, 0.717) is 0 Å². The number of para-hydroxylation sites is 1. The lowest BCUT2D eigenvalue weighted by molar-refractivity contribution is 1.18. The first kappa shape index (κ1) is 23.4. The number of hydrogen-bond acceptors (Lipinski definition) is 3. The minimum Gasteiger partial charge on any atom is -0.308 e. The molecule has 0 aliphatic carbocycles. The van der Waals surface area contributed by atoms with Gasteiger partial charge in [-0.05, 0) is 30.3 Å². The number of rotatable bonds is 3. The zero-order chi connectivity index (χ0) is 27.6. The molecular weight excluding hydrogens is 531 g/mol. The summed E-state index contributed by atoms with van der Waals surface area (Å²) in [5, 5.41) is 6.17. The summed E-state index contributed by atoms with van der Waals surface area (Å²) in [5.41, 5.74) is 7.50. The van der Waals surface area contributed by atoms with Gasteiger partial charge in [-0.2, -0.15) is 0 Å². The van der Waals surface area contributed by atoms with Crippen molar-refractivity contribution in [3.63, 3.8) is 0 Å². The minimum atomic E-state index is 0.735. The van der Waals surface area contributed by atoms with Crippen molar-refractivity contribution < 1.29 is 0 Å². The van der Waals surface area contributed by atoms with Gasteiger partial charge in [-0.15, -0.1) is 11.3 Å². The Labute approximate surface area is 246 Å². The smallest absolute Gasteiger partial charge is 0.160 e. The SMILES string of the molecule is c1ccc(-c2nc(-c3ccccc3)c3cc(-n4c5ccccc5c5ccc6c7ccccc7sc6c54)ccc3n2)cc1. The van der Waals surface area contributed by atoms with Crippen LogP contribution in [0.15, 0.2) is 140 Å². The Bertz CT molecular complexity index is 2460. The second kappa shape index (κ2) is 9.10. The van der Waals surface area contributed by atoms with E-state index in [2.05, 4.69) is 120 Å². The summed E-state index contributed by atoms with van der Waals surface area (Å²) in [7, 11) is 0. The van der Waals surface area contributed by atoms with Gasteiger partial charge >= 0.3 is 0 Å². The molecule has 0 spiro atoms. The molecule has 0 fully saturated rings. The summed E-state index contributed by atoms with van der Waals surface area (Å²) < 4.78 is 5.05. The van der Waals surface area contributed by atoms with Crippen molar-refractivity contribution in [2.24, 2.45) is 0 Å². The lowest BCUT2D eigenvalue weighted by Gasteiger charge is -2.13. The summed E-state index contributed by atoms with van der Waals surface area (Å²) in [6.45, 7) is 0. The van der Waals surface area contributed by atoms with Gasteiger partial charge in [-0.1, -0.05) is 109 Å². The van der Waals surface area contributed by atoms with Crippen molar-refractivity contribution in [2.45, 2.75) is 0 Å². The zero-order valence-corrected chi connectivity index (χ0v) is 23.3. The van der Waals surface area contributed by atoms with E-state index in [9.17, 15) is 0 Å². The Morgan fingerprint density at radius 2 is 1.19 bits per heavy atom. The molecule has 0 aliphatic rings. The van der Waals surface area contributed by atoms with Gasteiger partial charge in [0, 0.05) is 48.4 Å². The van der Waals surface area contributed by atoms with Crippen LogP contribution in [-0.4, -0.2) is 14.5 Å². The molecule has 9 rings (SSSR count). The number of benzene rings is 6. The molecule has 9 aromatic rings. The molecule has 0 bridgehead atoms. The van der Waals surface area contributed by atoms with E-state index in [1.807, 2.05) is 35.6 Å². The molecule has 0 saturated carbocycles. The van der Waals surface area contributed by atoms with E-state index in [0.717, 1.165) is 39.2 Å². The van der Waals surface area contributed by atoms with Crippen molar-refractivity contribution in [1.29, 1.82) is 0 Å². The van der Waals surface area contributed by atoms with Crippen molar-refractivity contribution >= 4 is 64.2 Å². The second-order valence-electron chi connectivity index (χ2n) is 10.6. The second-order valence-corrected chi connectivity index (χ2v) is 11.7. The molecule has 3 nitrogen and oxygen atoms in total. The topological polar surface area (TPSA) is 30.7 Å². The average molecular weight is 554 g/mol. The highest BCUT2D eigenvalue weighted by Gasteiger charge is 2.19. The van der Waals surface area contributed by atoms with E-state index in [4.69, 9.17) is 9.97 Å². The minimum absolute atomic E-state index is 0.735. The first-order valence-corrected chi connectivity index (χ1v) is 14.9. The van der Waals surface area contributed by atoms with E-state index in [1.54, 1.807) is 0 Å². The van der Waals surface area contributed by atoms with Gasteiger partial charge in [-0.3, -0.25) is 0 Å². The Morgan fingerprint density at radius 1 is 0.500 bits per heavy atom. The average Bonchev–Trinajstić information content (AvgIpc) is 3.61. The number of aromatic nitrogens is 3. The summed E-state index contributed by atoms with van der Waals surface area (Å²) in [5.74, 6) is 0.735. The van der Waals surface area contributed by atoms with Crippen LogP contribution < -0.4 is 0 Å². The predicted octanol–water partition coefficient (Wildman–Crippen LogP) is 10.4. The molecule has 0 aliphatic heterocycles. The molecule has 4 heteroatoms. The lowest BCUT2D eigenvalue weighted by atomic mass is 10.0. The Kier molecular flexibility index (Phi) is 5.07. The fourth-order valence-electron chi connectivity index (χ4n) is 6.29. The van der Waals surface area contributed by atoms with Crippen molar-refractivity contribution in [3.8, 4) is 28.3 Å². The van der Waals surface area contributed by atoms with Crippen LogP contribution in [0.5, 0.6) is 0 Å². The Morgan fingerprint density at radius 3 is 2.02 bits per heavy atom. The van der Waals surface area contributed by atoms with Gasteiger partial charge in [0.15, 0.2) is 5.82 Å². The summed E-state index contributed by atoms with van der Waals surface area (Å²) in [6, 6.07) is 49.3. The fourth-order valence-corrected chi connectivity index (χ4v) is 7.53. The van der Waals surface area contributed by atoms with Crippen LogP contribution in [0, 0.1) is 0 Å². The molecule has 0 amide bonds. The molecule has 0 N–H and O–H groups in total. The fraction of sp³-hybridized carbons (Fsp3) is 0. The standard InChI is InChI=1S/C38H23N3S/c1-3-11-24(12-4-1)35-31-23-26(19-22-32(31)39-38(40-35)25-13-5-2-6-14-25)41-33-17-9-7-15-27(33)29-20-21-30-28-16-8-10-18-34(28)42-37(30)36(29)41/h1-23H. The maximum Gasteiger partial charge on any atom is 0.160 e. The van der Waals surface area contributed by atoms with Gasteiger partial charge < -0.3 is 4.57 Å². The van der Waals surface area contributed by atoms with Crippen LogP contribution in [0.1, 0.15) is 0 Å². The normalized spacial score (nSPS) is 11.8. The molecule has 6 aromatic carbocycles. The Hall–Kier alpha value is -5.32. The lowest BCUT2D eigenvalue weighted by Crippen LogP contribution is -1.98. The van der Waals surface area contributed by atoms with E-state index < -0.39 is 0 Å². The van der Waals surface area contributed by atoms with Crippen LogP contribution in [0.3, 0.4) is 0 Å². The zero-order valence-electron chi connectivity index (χ0n) is 22.5. The van der Waals surface area contributed by atoms with Gasteiger partial charge in [0.2, 0.25) is 0 Å². The molecule has 0 saturated heterocycles. The van der Waals surface area contributed by atoms with Crippen LogP contribution in [0.4, 0.5) is 0 Å². The van der Waals surface area contributed by atoms with Crippen LogP contribution in [0.2, 0.25) is 0 Å². The van der Waals surface area contributed by atoms with Crippen molar-refractivity contribution in [2.75, 3.05) is 0 Å². The summed E-state index contributed by atoms with van der Waals surface area (Å²) in [4.78, 5) is 10.2. The molecular formula is C38H23N3S. The molecule has 196 valence electrons. The number of fused-ring (bicyclic) bond motifs is 8. The van der Waals surface area contributed by atoms with Crippen molar-refractivity contribution in [1.82, 2.24) is 14.5 Å². The molecule has 3 aromatic heterocycles. The third-order valence-electron chi connectivity index (χ3n) is 8.20. The van der Waals surface area contributed by atoms with E-state index >= 15 is 0 Å². The molecule has 0 radical (unpaired) electrons. The summed E-state index contributed by atoms with van der Waals surface area (Å²) >= 11 is 1.87. The van der Waals surface area contributed by atoms with Gasteiger partial charge in [0.05, 0.1) is 26.9 Å². The monoisotopic (exact) mass is 553 g/mol. The van der Waals surface area contributed by atoms with Crippen LogP contribution in [0.25, 0.3) is 81.2 Å². The number of nitrogens with zero attached hydrogens (tertiary/aromatic N) is 3. The van der Waals surface area contributed by atoms with Crippen molar-refractivity contribution in [3.05, 3.63) is 140 Å². The highest BCUT2D eigenvalue weighted by atomic mass is 32.1. The largest absolute Gasteiger partial charge is 0.308 e. The quantitative estimate of drug-likeness (QED) is 0.218. The third-order valence-corrected chi connectivity index (χ3v) is 9.39. The molecule has 0 atom stereocenters.